The Bertz CT molecular complexity index is 1090. The van der Waals surface area contributed by atoms with E-state index in [1.54, 1.807) is 34.5 Å². The third-order valence-electron chi connectivity index (χ3n) is 6.28. The molecule has 4 rings (SSSR count). The average molecular weight is 398 g/mol. The van der Waals surface area contributed by atoms with E-state index in [0.29, 0.717) is 45.1 Å². The van der Waals surface area contributed by atoms with E-state index >= 15 is 0 Å². The number of hydrogen-bond donors (Lipinski definition) is 0. The number of rotatable bonds is 4. The molecule has 0 N–H and O–H groups in total. The van der Waals surface area contributed by atoms with Gasteiger partial charge < -0.3 is 23.7 Å². The summed E-state index contributed by atoms with van der Waals surface area (Å²) < 4.78 is 29.4. The molecule has 2 aliphatic rings. The summed E-state index contributed by atoms with van der Waals surface area (Å²) in [5.41, 5.74) is 2.61. The second-order valence-electron chi connectivity index (χ2n) is 8.01. The highest BCUT2D eigenvalue weighted by Gasteiger charge is 2.47. The molecule has 1 heterocycles. The first-order valence-corrected chi connectivity index (χ1v) is 9.54. The lowest BCUT2D eigenvalue weighted by molar-refractivity contribution is 0.104. The molecule has 6 nitrogen and oxygen atoms in total. The highest BCUT2D eigenvalue weighted by atomic mass is 16.5. The van der Waals surface area contributed by atoms with Crippen LogP contribution in [0.15, 0.2) is 6.08 Å². The van der Waals surface area contributed by atoms with Gasteiger partial charge in [0.2, 0.25) is 5.75 Å². The van der Waals surface area contributed by atoms with Crippen molar-refractivity contribution < 1.29 is 28.5 Å². The smallest absolute Gasteiger partial charge is 0.204 e. The molecule has 6 heteroatoms. The second kappa shape index (κ2) is 6.31. The fourth-order valence-corrected chi connectivity index (χ4v) is 4.58. The number of hydrogen-bond acceptors (Lipinski definition) is 6. The van der Waals surface area contributed by atoms with Crippen LogP contribution in [0, 0.1) is 0 Å². The van der Waals surface area contributed by atoms with E-state index in [2.05, 4.69) is 13.8 Å². The van der Waals surface area contributed by atoms with Crippen molar-refractivity contribution in [1.29, 1.82) is 0 Å². The highest BCUT2D eigenvalue weighted by molar-refractivity contribution is 6.27. The molecule has 1 atom stereocenters. The van der Waals surface area contributed by atoms with Gasteiger partial charge in [0.25, 0.3) is 0 Å². The third-order valence-corrected chi connectivity index (χ3v) is 6.28. The first-order valence-electron chi connectivity index (χ1n) is 9.54. The summed E-state index contributed by atoms with van der Waals surface area (Å²) in [4.78, 5) is 13.2. The van der Waals surface area contributed by atoms with Gasteiger partial charge in [0.05, 0.1) is 39.4 Å². The monoisotopic (exact) mass is 398 g/mol. The predicted octanol–water partition coefficient (Wildman–Crippen LogP) is 4.53. The first-order chi connectivity index (χ1) is 13.7. The molecule has 154 valence electrons. The van der Waals surface area contributed by atoms with Crippen LogP contribution >= 0.6 is 0 Å². The van der Waals surface area contributed by atoms with Gasteiger partial charge in [0.1, 0.15) is 17.6 Å². The molecule has 29 heavy (non-hydrogen) atoms. The minimum Gasteiger partial charge on any atom is -0.496 e. The van der Waals surface area contributed by atoms with Gasteiger partial charge >= 0.3 is 0 Å². The van der Waals surface area contributed by atoms with Crippen LogP contribution in [-0.4, -0.2) is 40.3 Å². The fourth-order valence-electron chi connectivity index (χ4n) is 4.58. The summed E-state index contributed by atoms with van der Waals surface area (Å²) in [7, 11) is 6.35. The van der Waals surface area contributed by atoms with Gasteiger partial charge in [-0.2, -0.15) is 0 Å². The standard InChI is InChI=1S/C23H26O6/c1-10-9-12(24)14-15-13(10)20(26-6)22(28-8)21(27-7)16(15)18(25-5)17-19(14)29-11(2)23(17,3)4/h9,11H,1-8H3. The Hall–Kier alpha value is -2.89. The van der Waals surface area contributed by atoms with Gasteiger partial charge in [-0.25, -0.2) is 0 Å². The van der Waals surface area contributed by atoms with Crippen LogP contribution in [-0.2, 0) is 5.41 Å². The first kappa shape index (κ1) is 19.4. The highest BCUT2D eigenvalue weighted by Crippen LogP contribution is 2.60. The Labute approximate surface area is 170 Å². The maximum atomic E-state index is 13.2. The summed E-state index contributed by atoms with van der Waals surface area (Å²) in [5, 5.41) is 1.41. The molecule has 0 spiro atoms. The lowest BCUT2D eigenvalue weighted by Gasteiger charge is -2.28. The number of carbonyl (C=O) groups is 1. The van der Waals surface area contributed by atoms with Crippen molar-refractivity contribution in [3.05, 3.63) is 22.8 Å². The molecule has 0 saturated carbocycles. The van der Waals surface area contributed by atoms with Crippen LogP contribution in [0.5, 0.6) is 28.7 Å². The van der Waals surface area contributed by atoms with Crippen LogP contribution in [0.3, 0.4) is 0 Å². The molecular weight excluding hydrogens is 372 g/mol. The molecule has 2 aromatic carbocycles. The van der Waals surface area contributed by atoms with E-state index in [1.807, 2.05) is 13.8 Å². The fraction of sp³-hybridized carbons (Fsp3) is 0.435. The Kier molecular flexibility index (Phi) is 4.22. The molecule has 1 aliphatic carbocycles. The Morgan fingerprint density at radius 1 is 0.862 bits per heavy atom. The summed E-state index contributed by atoms with van der Waals surface area (Å²) in [5.74, 6) is 2.57. The molecular formula is C23H26O6. The summed E-state index contributed by atoms with van der Waals surface area (Å²) in [6, 6.07) is 0. The zero-order valence-electron chi connectivity index (χ0n) is 18.1. The van der Waals surface area contributed by atoms with Crippen LogP contribution in [0.1, 0.15) is 49.2 Å². The van der Waals surface area contributed by atoms with E-state index in [-0.39, 0.29) is 17.3 Å². The van der Waals surface area contributed by atoms with Crippen molar-refractivity contribution in [2.45, 2.75) is 39.2 Å². The van der Waals surface area contributed by atoms with E-state index in [0.717, 1.165) is 16.7 Å². The predicted molar refractivity (Wildman–Crippen MR) is 111 cm³/mol. The molecule has 0 fully saturated rings. The minimum atomic E-state index is -0.361. The average Bonchev–Trinajstić information content (AvgIpc) is 2.92. The number of fused-ring (bicyclic) bond motifs is 2. The molecule has 2 aromatic rings. The van der Waals surface area contributed by atoms with Gasteiger partial charge in [-0.3, -0.25) is 4.79 Å². The third kappa shape index (κ3) is 2.26. The topological polar surface area (TPSA) is 63.2 Å². The van der Waals surface area contributed by atoms with Gasteiger partial charge in [-0.05, 0) is 25.5 Å². The summed E-state index contributed by atoms with van der Waals surface area (Å²) in [6.07, 6.45) is 1.50. The second-order valence-corrected chi connectivity index (χ2v) is 8.01. The molecule has 0 bridgehead atoms. The largest absolute Gasteiger partial charge is 0.496 e. The van der Waals surface area contributed by atoms with Crippen LogP contribution in [0.4, 0.5) is 0 Å². The lowest BCUT2D eigenvalue weighted by Crippen LogP contribution is -2.29. The van der Waals surface area contributed by atoms with Crippen molar-refractivity contribution in [3.8, 4) is 28.7 Å². The zero-order chi connectivity index (χ0) is 21.2. The number of ether oxygens (including phenoxy) is 5. The number of methoxy groups -OCH3 is 4. The number of allylic oxidation sites excluding steroid dienone is 2. The molecule has 1 unspecified atom stereocenters. The zero-order valence-corrected chi connectivity index (χ0v) is 18.1. The Balaban J connectivity index is 2.37. The van der Waals surface area contributed by atoms with E-state index in [1.165, 1.54) is 0 Å². The summed E-state index contributed by atoms with van der Waals surface area (Å²) in [6.45, 7) is 8.07. The van der Waals surface area contributed by atoms with Crippen molar-refractivity contribution in [1.82, 2.24) is 0 Å². The van der Waals surface area contributed by atoms with Crippen LogP contribution in [0.2, 0.25) is 0 Å². The van der Waals surface area contributed by atoms with Gasteiger partial charge in [-0.1, -0.05) is 13.8 Å². The van der Waals surface area contributed by atoms with Crippen molar-refractivity contribution >= 4 is 22.1 Å². The maximum Gasteiger partial charge on any atom is 0.204 e. The maximum absolute atomic E-state index is 13.2. The molecule has 1 aliphatic heterocycles. The van der Waals surface area contributed by atoms with Crippen molar-refractivity contribution in [2.75, 3.05) is 28.4 Å². The molecule has 0 radical (unpaired) electrons. The molecule has 0 aromatic heterocycles. The number of carbonyl (C=O) groups excluding carboxylic acids is 1. The molecule has 0 amide bonds. The van der Waals surface area contributed by atoms with E-state index < -0.39 is 0 Å². The lowest BCUT2D eigenvalue weighted by atomic mass is 9.76. The quantitative estimate of drug-likeness (QED) is 0.754. The van der Waals surface area contributed by atoms with Gasteiger partial charge in [0.15, 0.2) is 17.3 Å². The number of ketones is 1. The minimum absolute atomic E-state index is 0.0990. The SMILES string of the molecule is COc1c(OC)c2c3c(c4c(c(OC)c3c1OC)C(C)(C)C(C)O4)C(=O)C=C2C. The Morgan fingerprint density at radius 2 is 1.45 bits per heavy atom. The van der Waals surface area contributed by atoms with Crippen molar-refractivity contribution in [3.63, 3.8) is 0 Å². The molecule has 0 saturated heterocycles. The Morgan fingerprint density at radius 3 is 2.00 bits per heavy atom. The van der Waals surface area contributed by atoms with Gasteiger partial charge in [0, 0.05) is 21.9 Å². The number of benzene rings is 2. The van der Waals surface area contributed by atoms with Crippen molar-refractivity contribution in [2.24, 2.45) is 0 Å². The van der Waals surface area contributed by atoms with Crippen LogP contribution in [0.25, 0.3) is 16.3 Å². The van der Waals surface area contributed by atoms with E-state index in [4.69, 9.17) is 23.7 Å². The van der Waals surface area contributed by atoms with Gasteiger partial charge in [-0.15, -0.1) is 0 Å². The normalized spacial score (nSPS) is 18.8. The summed E-state index contributed by atoms with van der Waals surface area (Å²) >= 11 is 0. The van der Waals surface area contributed by atoms with E-state index in [9.17, 15) is 4.79 Å². The van der Waals surface area contributed by atoms with Crippen LogP contribution < -0.4 is 23.7 Å².